The first-order chi connectivity index (χ1) is 5.31. The van der Waals surface area contributed by atoms with Gasteiger partial charge in [0.1, 0.15) is 0 Å². The Morgan fingerprint density at radius 1 is 1.00 bits per heavy atom. The van der Waals surface area contributed by atoms with E-state index in [-0.39, 0.29) is 0 Å². The largest absolute Gasteiger partial charge is 0.306 e. The molecular formula is C10H19N. The van der Waals surface area contributed by atoms with E-state index in [1.807, 2.05) is 0 Å². The molecule has 0 radical (unpaired) electrons. The van der Waals surface area contributed by atoms with Gasteiger partial charge in [0.15, 0.2) is 0 Å². The van der Waals surface area contributed by atoms with Gasteiger partial charge < -0.3 is 4.90 Å². The van der Waals surface area contributed by atoms with Gasteiger partial charge in [0.25, 0.3) is 0 Å². The summed E-state index contributed by atoms with van der Waals surface area (Å²) < 4.78 is 0. The number of likely N-dealkylation sites (tertiary alicyclic amines) is 1. The normalized spacial score (nSPS) is 31.4. The van der Waals surface area contributed by atoms with Crippen LogP contribution >= 0.6 is 0 Å². The summed E-state index contributed by atoms with van der Waals surface area (Å²) in [5.74, 6) is 0. The summed E-state index contributed by atoms with van der Waals surface area (Å²) in [5, 5.41) is 0. The maximum atomic E-state index is 2.51. The number of nitrogens with zero attached hydrogens (tertiary/aromatic N) is 1. The Labute approximate surface area is 69.8 Å². The van der Waals surface area contributed by atoms with Gasteiger partial charge >= 0.3 is 0 Å². The molecule has 0 aromatic heterocycles. The van der Waals surface area contributed by atoms with Crippen molar-refractivity contribution in [3.05, 3.63) is 0 Å². The standard InChI is InChI=1S/C10H19N/c1-11-8-7-10(9-11)5-3-2-4-6-10/h2-9H2,1H3. The summed E-state index contributed by atoms with van der Waals surface area (Å²) >= 11 is 0. The van der Waals surface area contributed by atoms with Crippen molar-refractivity contribution in [1.29, 1.82) is 0 Å². The molecule has 1 aliphatic carbocycles. The lowest BCUT2D eigenvalue weighted by Gasteiger charge is -2.32. The van der Waals surface area contributed by atoms with Crippen LogP contribution in [0.3, 0.4) is 0 Å². The van der Waals surface area contributed by atoms with E-state index in [0.717, 1.165) is 5.41 Å². The van der Waals surface area contributed by atoms with E-state index in [1.54, 1.807) is 0 Å². The number of rotatable bonds is 0. The third-order valence-electron chi connectivity index (χ3n) is 3.54. The highest BCUT2D eigenvalue weighted by molar-refractivity contribution is 4.90. The molecule has 1 saturated heterocycles. The Morgan fingerprint density at radius 3 is 2.27 bits per heavy atom. The van der Waals surface area contributed by atoms with Crippen LogP contribution in [0.5, 0.6) is 0 Å². The van der Waals surface area contributed by atoms with Gasteiger partial charge in [-0.25, -0.2) is 0 Å². The smallest absolute Gasteiger partial charge is 0.00354 e. The Morgan fingerprint density at radius 2 is 1.73 bits per heavy atom. The Bertz CT molecular complexity index is 130. The van der Waals surface area contributed by atoms with Crippen LogP contribution in [0.25, 0.3) is 0 Å². The fraction of sp³-hybridized carbons (Fsp3) is 1.00. The molecule has 1 heteroatoms. The summed E-state index contributed by atoms with van der Waals surface area (Å²) in [5.41, 5.74) is 0.771. The first kappa shape index (κ1) is 7.60. The second-order valence-corrected chi connectivity index (χ2v) is 4.55. The van der Waals surface area contributed by atoms with E-state index in [4.69, 9.17) is 0 Å². The molecule has 0 aromatic rings. The van der Waals surface area contributed by atoms with E-state index in [9.17, 15) is 0 Å². The Balaban J connectivity index is 1.98. The molecule has 0 bridgehead atoms. The maximum absolute atomic E-state index is 2.51. The van der Waals surface area contributed by atoms with E-state index in [1.165, 1.54) is 51.6 Å². The summed E-state index contributed by atoms with van der Waals surface area (Å²) in [4.78, 5) is 2.51. The summed E-state index contributed by atoms with van der Waals surface area (Å²) in [6.45, 7) is 2.73. The summed E-state index contributed by atoms with van der Waals surface area (Å²) in [7, 11) is 2.27. The van der Waals surface area contributed by atoms with Gasteiger partial charge in [0.05, 0.1) is 0 Å². The van der Waals surface area contributed by atoms with Gasteiger partial charge in [0.2, 0.25) is 0 Å². The van der Waals surface area contributed by atoms with Gasteiger partial charge in [-0.05, 0) is 38.3 Å². The molecule has 2 rings (SSSR count). The molecule has 64 valence electrons. The van der Waals surface area contributed by atoms with Gasteiger partial charge in [-0.1, -0.05) is 19.3 Å². The molecule has 1 saturated carbocycles. The van der Waals surface area contributed by atoms with Crippen molar-refractivity contribution >= 4 is 0 Å². The second-order valence-electron chi connectivity index (χ2n) is 4.55. The van der Waals surface area contributed by atoms with Crippen LogP contribution in [-0.2, 0) is 0 Å². The molecule has 1 heterocycles. The summed E-state index contributed by atoms with van der Waals surface area (Å²) in [6, 6.07) is 0. The van der Waals surface area contributed by atoms with Crippen LogP contribution in [0.1, 0.15) is 38.5 Å². The van der Waals surface area contributed by atoms with Crippen LogP contribution < -0.4 is 0 Å². The van der Waals surface area contributed by atoms with Crippen molar-refractivity contribution in [2.45, 2.75) is 38.5 Å². The second kappa shape index (κ2) is 2.78. The minimum atomic E-state index is 0.771. The fourth-order valence-corrected chi connectivity index (χ4v) is 2.87. The Kier molecular flexibility index (Phi) is 1.92. The fourth-order valence-electron chi connectivity index (χ4n) is 2.87. The zero-order valence-electron chi connectivity index (χ0n) is 7.60. The highest BCUT2D eigenvalue weighted by atomic mass is 15.1. The highest BCUT2D eigenvalue weighted by Crippen LogP contribution is 2.42. The van der Waals surface area contributed by atoms with Gasteiger partial charge in [-0.2, -0.15) is 0 Å². The predicted molar refractivity (Wildman–Crippen MR) is 47.6 cm³/mol. The molecule has 0 unspecified atom stereocenters. The molecule has 1 spiro atoms. The van der Waals surface area contributed by atoms with Crippen molar-refractivity contribution in [3.8, 4) is 0 Å². The van der Waals surface area contributed by atoms with E-state index < -0.39 is 0 Å². The lowest BCUT2D eigenvalue weighted by atomic mass is 9.74. The molecule has 0 amide bonds. The van der Waals surface area contributed by atoms with Crippen LogP contribution in [0.2, 0.25) is 0 Å². The molecular weight excluding hydrogens is 134 g/mol. The first-order valence-corrected chi connectivity index (χ1v) is 4.99. The Hall–Kier alpha value is -0.0400. The number of hydrogen-bond acceptors (Lipinski definition) is 1. The average Bonchev–Trinajstić information content (AvgIpc) is 2.34. The first-order valence-electron chi connectivity index (χ1n) is 4.99. The van der Waals surface area contributed by atoms with Crippen molar-refractivity contribution in [3.63, 3.8) is 0 Å². The summed E-state index contributed by atoms with van der Waals surface area (Å²) in [6.07, 6.45) is 8.98. The molecule has 0 aromatic carbocycles. The van der Waals surface area contributed by atoms with Crippen LogP contribution in [-0.4, -0.2) is 25.0 Å². The minimum Gasteiger partial charge on any atom is -0.306 e. The van der Waals surface area contributed by atoms with E-state index >= 15 is 0 Å². The van der Waals surface area contributed by atoms with Crippen molar-refractivity contribution in [2.75, 3.05) is 20.1 Å². The van der Waals surface area contributed by atoms with Gasteiger partial charge in [0, 0.05) is 6.54 Å². The topological polar surface area (TPSA) is 3.24 Å². The van der Waals surface area contributed by atoms with Crippen molar-refractivity contribution in [2.24, 2.45) is 5.41 Å². The molecule has 0 N–H and O–H groups in total. The third kappa shape index (κ3) is 1.44. The highest BCUT2D eigenvalue weighted by Gasteiger charge is 2.36. The molecule has 1 aliphatic heterocycles. The quantitative estimate of drug-likeness (QED) is 0.516. The average molecular weight is 153 g/mol. The van der Waals surface area contributed by atoms with Crippen LogP contribution in [0, 0.1) is 5.41 Å². The van der Waals surface area contributed by atoms with Crippen LogP contribution in [0.4, 0.5) is 0 Å². The molecule has 2 aliphatic rings. The SMILES string of the molecule is CN1CCC2(CCCCC2)C1. The van der Waals surface area contributed by atoms with Gasteiger partial charge in [-0.3, -0.25) is 0 Å². The van der Waals surface area contributed by atoms with Crippen molar-refractivity contribution in [1.82, 2.24) is 4.90 Å². The monoisotopic (exact) mass is 153 g/mol. The molecule has 1 nitrogen and oxygen atoms in total. The van der Waals surface area contributed by atoms with Gasteiger partial charge in [-0.15, -0.1) is 0 Å². The zero-order chi connectivity index (χ0) is 7.73. The number of hydrogen-bond donors (Lipinski definition) is 0. The van der Waals surface area contributed by atoms with Crippen molar-refractivity contribution < 1.29 is 0 Å². The maximum Gasteiger partial charge on any atom is 0.00354 e. The molecule has 11 heavy (non-hydrogen) atoms. The molecule has 0 atom stereocenters. The van der Waals surface area contributed by atoms with Crippen LogP contribution in [0.15, 0.2) is 0 Å². The lowest BCUT2D eigenvalue weighted by Crippen LogP contribution is -2.27. The third-order valence-corrected chi connectivity index (χ3v) is 3.54. The predicted octanol–water partition coefficient (Wildman–Crippen LogP) is 2.27. The van der Waals surface area contributed by atoms with E-state index in [2.05, 4.69) is 11.9 Å². The molecule has 2 fully saturated rings. The van der Waals surface area contributed by atoms with E-state index in [0.29, 0.717) is 0 Å². The zero-order valence-corrected chi connectivity index (χ0v) is 7.60. The lowest BCUT2D eigenvalue weighted by molar-refractivity contribution is 0.195. The minimum absolute atomic E-state index is 0.771.